The topological polar surface area (TPSA) is 81.9 Å². The van der Waals surface area contributed by atoms with Gasteiger partial charge in [0.15, 0.2) is 0 Å². The number of carbonyl (C=O) groups excluding carboxylic acids is 1. The molecule has 28 heavy (non-hydrogen) atoms. The second-order valence-corrected chi connectivity index (χ2v) is 7.36. The molecular weight excluding hydrogens is 374 g/mol. The van der Waals surface area contributed by atoms with E-state index in [-0.39, 0.29) is 11.7 Å². The number of amides is 1. The SMILES string of the molecule is Cc1cccc(OCCNC(=O)CSc2nnnn2-c2c(C)cccc2C)c1. The van der Waals surface area contributed by atoms with Crippen LogP contribution in [-0.4, -0.2) is 45.0 Å². The van der Waals surface area contributed by atoms with Crippen LogP contribution in [0.2, 0.25) is 0 Å². The number of para-hydroxylation sites is 1. The van der Waals surface area contributed by atoms with Crippen molar-refractivity contribution in [3.8, 4) is 11.4 Å². The zero-order valence-corrected chi connectivity index (χ0v) is 17.0. The molecule has 0 atom stereocenters. The number of rotatable bonds is 8. The van der Waals surface area contributed by atoms with E-state index in [1.165, 1.54) is 11.8 Å². The predicted molar refractivity (Wildman–Crippen MR) is 109 cm³/mol. The van der Waals surface area contributed by atoms with Crippen LogP contribution in [-0.2, 0) is 4.79 Å². The molecule has 0 bridgehead atoms. The molecule has 2 aromatic carbocycles. The first-order chi connectivity index (χ1) is 13.5. The van der Waals surface area contributed by atoms with Crippen LogP contribution < -0.4 is 10.1 Å². The van der Waals surface area contributed by atoms with Gasteiger partial charge in [0, 0.05) is 0 Å². The lowest BCUT2D eigenvalue weighted by Crippen LogP contribution is -2.29. The van der Waals surface area contributed by atoms with Crippen LogP contribution in [0.3, 0.4) is 0 Å². The van der Waals surface area contributed by atoms with E-state index in [2.05, 4.69) is 20.8 Å². The van der Waals surface area contributed by atoms with Gasteiger partial charge in [-0.1, -0.05) is 42.1 Å². The Morgan fingerprint density at radius 2 is 1.89 bits per heavy atom. The third kappa shape index (κ3) is 5.10. The lowest BCUT2D eigenvalue weighted by molar-refractivity contribution is -0.118. The molecule has 0 spiro atoms. The Labute approximate surface area is 168 Å². The summed E-state index contributed by atoms with van der Waals surface area (Å²) in [7, 11) is 0. The Bertz CT molecular complexity index is 937. The van der Waals surface area contributed by atoms with Gasteiger partial charge in [-0.25, -0.2) is 0 Å². The van der Waals surface area contributed by atoms with Crippen molar-refractivity contribution in [2.45, 2.75) is 25.9 Å². The fraction of sp³-hybridized carbons (Fsp3) is 0.300. The van der Waals surface area contributed by atoms with Gasteiger partial charge in [-0.2, -0.15) is 4.68 Å². The molecule has 7 nitrogen and oxygen atoms in total. The molecule has 0 unspecified atom stereocenters. The molecule has 0 fully saturated rings. The van der Waals surface area contributed by atoms with Gasteiger partial charge < -0.3 is 10.1 Å². The quantitative estimate of drug-likeness (QED) is 0.465. The smallest absolute Gasteiger partial charge is 0.230 e. The summed E-state index contributed by atoms with van der Waals surface area (Å²) in [5, 5.41) is 15.3. The maximum atomic E-state index is 12.1. The number of ether oxygens (including phenoxy) is 1. The van der Waals surface area contributed by atoms with Crippen molar-refractivity contribution >= 4 is 17.7 Å². The molecule has 0 radical (unpaired) electrons. The molecule has 146 valence electrons. The van der Waals surface area contributed by atoms with Gasteiger partial charge in [0.05, 0.1) is 18.0 Å². The van der Waals surface area contributed by atoms with E-state index in [1.807, 2.05) is 63.2 Å². The highest BCUT2D eigenvalue weighted by atomic mass is 32.2. The molecule has 0 aliphatic heterocycles. The molecule has 1 heterocycles. The number of hydrogen-bond donors (Lipinski definition) is 1. The summed E-state index contributed by atoms with van der Waals surface area (Å²) in [5.74, 6) is 0.945. The second kappa shape index (κ2) is 9.36. The second-order valence-electron chi connectivity index (χ2n) is 6.42. The molecule has 1 aromatic heterocycles. The minimum atomic E-state index is -0.0890. The first-order valence-corrected chi connectivity index (χ1v) is 9.97. The van der Waals surface area contributed by atoms with Crippen LogP contribution in [0.5, 0.6) is 5.75 Å². The number of carbonyl (C=O) groups is 1. The van der Waals surface area contributed by atoms with Gasteiger partial charge in [-0.05, 0) is 60.0 Å². The first-order valence-electron chi connectivity index (χ1n) is 8.98. The Hall–Kier alpha value is -2.87. The van der Waals surface area contributed by atoms with Gasteiger partial charge in [0.1, 0.15) is 12.4 Å². The molecule has 3 rings (SSSR count). The van der Waals surface area contributed by atoms with Crippen LogP contribution in [0.4, 0.5) is 0 Å². The molecule has 1 amide bonds. The number of aromatic nitrogens is 4. The van der Waals surface area contributed by atoms with Crippen LogP contribution in [0, 0.1) is 20.8 Å². The minimum absolute atomic E-state index is 0.0890. The van der Waals surface area contributed by atoms with Gasteiger partial charge in [0.25, 0.3) is 0 Å². The highest BCUT2D eigenvalue weighted by Gasteiger charge is 2.14. The van der Waals surface area contributed by atoms with E-state index < -0.39 is 0 Å². The lowest BCUT2D eigenvalue weighted by atomic mass is 10.1. The van der Waals surface area contributed by atoms with Gasteiger partial charge >= 0.3 is 0 Å². The van der Waals surface area contributed by atoms with E-state index in [0.29, 0.717) is 18.3 Å². The van der Waals surface area contributed by atoms with E-state index in [9.17, 15) is 4.79 Å². The Balaban J connectivity index is 1.49. The molecule has 3 aromatic rings. The average molecular weight is 398 g/mol. The number of tetrazole rings is 1. The lowest BCUT2D eigenvalue weighted by Gasteiger charge is -2.11. The van der Waals surface area contributed by atoms with Crippen LogP contribution in [0.1, 0.15) is 16.7 Å². The summed E-state index contributed by atoms with van der Waals surface area (Å²) in [6.07, 6.45) is 0. The van der Waals surface area contributed by atoms with Crippen molar-refractivity contribution in [2.75, 3.05) is 18.9 Å². The fourth-order valence-corrected chi connectivity index (χ4v) is 3.50. The highest BCUT2D eigenvalue weighted by molar-refractivity contribution is 7.99. The zero-order chi connectivity index (χ0) is 19.9. The maximum absolute atomic E-state index is 12.1. The summed E-state index contributed by atoms with van der Waals surface area (Å²) in [5.41, 5.74) is 4.24. The van der Waals surface area contributed by atoms with Crippen molar-refractivity contribution in [3.63, 3.8) is 0 Å². The third-order valence-electron chi connectivity index (χ3n) is 4.11. The van der Waals surface area contributed by atoms with E-state index >= 15 is 0 Å². The maximum Gasteiger partial charge on any atom is 0.230 e. The molecule has 0 aliphatic carbocycles. The van der Waals surface area contributed by atoms with Crippen molar-refractivity contribution < 1.29 is 9.53 Å². The normalized spacial score (nSPS) is 10.7. The highest BCUT2D eigenvalue weighted by Crippen LogP contribution is 2.23. The summed E-state index contributed by atoms with van der Waals surface area (Å²) in [4.78, 5) is 12.1. The van der Waals surface area contributed by atoms with E-state index in [0.717, 1.165) is 28.1 Å². The number of thioether (sulfide) groups is 1. The average Bonchev–Trinajstić information content (AvgIpc) is 3.12. The number of aryl methyl sites for hydroxylation is 3. The monoisotopic (exact) mass is 397 g/mol. The van der Waals surface area contributed by atoms with Crippen molar-refractivity contribution in [2.24, 2.45) is 0 Å². The number of benzene rings is 2. The van der Waals surface area contributed by atoms with Gasteiger partial charge in [-0.15, -0.1) is 5.10 Å². The fourth-order valence-electron chi connectivity index (χ4n) is 2.79. The van der Waals surface area contributed by atoms with Gasteiger partial charge in [0.2, 0.25) is 11.1 Å². The largest absolute Gasteiger partial charge is 0.492 e. The third-order valence-corrected chi connectivity index (χ3v) is 5.03. The Morgan fingerprint density at radius 1 is 1.14 bits per heavy atom. The van der Waals surface area contributed by atoms with E-state index in [4.69, 9.17) is 4.74 Å². The van der Waals surface area contributed by atoms with E-state index in [1.54, 1.807) is 4.68 Å². The van der Waals surface area contributed by atoms with Crippen molar-refractivity contribution in [3.05, 3.63) is 59.2 Å². The van der Waals surface area contributed by atoms with Crippen LogP contribution in [0.15, 0.2) is 47.6 Å². The Kier molecular flexibility index (Phi) is 6.65. The molecule has 8 heteroatoms. The first kappa shape index (κ1) is 19.9. The van der Waals surface area contributed by atoms with Gasteiger partial charge in [-0.3, -0.25) is 4.79 Å². The molecular formula is C20H23N5O2S. The summed E-state index contributed by atoms with van der Waals surface area (Å²) < 4.78 is 7.32. The van der Waals surface area contributed by atoms with Crippen molar-refractivity contribution in [1.29, 1.82) is 0 Å². The molecule has 0 aliphatic rings. The molecule has 0 saturated carbocycles. The minimum Gasteiger partial charge on any atom is -0.492 e. The standard InChI is InChI=1S/C20H23N5O2S/c1-14-6-4-9-17(12-14)27-11-10-21-18(26)13-28-20-22-23-24-25(20)19-15(2)7-5-8-16(19)3/h4-9,12H,10-11,13H2,1-3H3,(H,21,26). The van der Waals surface area contributed by atoms with Crippen LogP contribution in [0.25, 0.3) is 5.69 Å². The molecule has 0 saturated heterocycles. The Morgan fingerprint density at radius 3 is 2.64 bits per heavy atom. The zero-order valence-electron chi connectivity index (χ0n) is 16.2. The van der Waals surface area contributed by atoms with Crippen molar-refractivity contribution in [1.82, 2.24) is 25.5 Å². The molecule has 1 N–H and O–H groups in total. The summed E-state index contributed by atoms with van der Waals surface area (Å²) >= 11 is 1.30. The number of nitrogens with zero attached hydrogens (tertiary/aromatic N) is 4. The summed E-state index contributed by atoms with van der Waals surface area (Å²) in [6, 6.07) is 13.8. The number of nitrogens with one attached hydrogen (secondary N) is 1. The predicted octanol–water partition coefficient (Wildman–Crippen LogP) is 2.87. The number of hydrogen-bond acceptors (Lipinski definition) is 6. The van der Waals surface area contributed by atoms with Crippen LogP contribution >= 0.6 is 11.8 Å². The summed E-state index contributed by atoms with van der Waals surface area (Å²) in [6.45, 7) is 6.89.